The Balaban J connectivity index is 2.70. The largest absolute Gasteiger partial charge is 0.311 e. The summed E-state index contributed by atoms with van der Waals surface area (Å²) in [4.78, 5) is 4.08. The molecule has 0 bridgehead atoms. The van der Waals surface area contributed by atoms with Crippen LogP contribution in [0.25, 0.3) is 0 Å². The van der Waals surface area contributed by atoms with E-state index in [1.807, 2.05) is 12.4 Å². The minimum atomic E-state index is 0.181. The molecule has 2 heteroatoms. The van der Waals surface area contributed by atoms with Crippen molar-refractivity contribution in [2.75, 3.05) is 6.54 Å². The summed E-state index contributed by atoms with van der Waals surface area (Å²) in [6.07, 6.45) is 3.75. The third-order valence-corrected chi connectivity index (χ3v) is 2.79. The molecule has 0 aromatic carbocycles. The van der Waals surface area contributed by atoms with Gasteiger partial charge >= 0.3 is 0 Å². The summed E-state index contributed by atoms with van der Waals surface area (Å²) in [6, 6.07) is 4.24. The topological polar surface area (TPSA) is 24.9 Å². The summed E-state index contributed by atoms with van der Waals surface area (Å²) < 4.78 is 0. The highest BCUT2D eigenvalue weighted by Crippen LogP contribution is 2.23. The number of rotatable bonds is 4. The van der Waals surface area contributed by atoms with Crippen molar-refractivity contribution in [2.45, 2.75) is 46.1 Å². The fraction of sp³-hybridized carbons (Fsp3) is 0.643. The van der Waals surface area contributed by atoms with Gasteiger partial charge in [-0.05, 0) is 50.3 Å². The van der Waals surface area contributed by atoms with Gasteiger partial charge in [0.1, 0.15) is 0 Å². The maximum absolute atomic E-state index is 4.08. The Labute approximate surface area is 99.5 Å². The fourth-order valence-corrected chi connectivity index (χ4v) is 1.77. The molecule has 0 radical (unpaired) electrons. The normalized spacial score (nSPS) is 14.1. The van der Waals surface area contributed by atoms with E-state index in [1.165, 1.54) is 5.56 Å². The Bertz CT molecular complexity index is 298. The van der Waals surface area contributed by atoms with Crippen LogP contribution < -0.4 is 5.32 Å². The maximum Gasteiger partial charge on any atom is 0.0270 e. The number of pyridine rings is 1. The Morgan fingerprint density at radius 2 is 1.75 bits per heavy atom. The van der Waals surface area contributed by atoms with Gasteiger partial charge in [-0.15, -0.1) is 0 Å². The van der Waals surface area contributed by atoms with Crippen molar-refractivity contribution in [2.24, 2.45) is 5.92 Å². The average molecular weight is 220 g/mol. The molecule has 90 valence electrons. The summed E-state index contributed by atoms with van der Waals surface area (Å²) >= 11 is 0. The first-order valence-corrected chi connectivity index (χ1v) is 6.05. The molecule has 0 saturated carbocycles. The zero-order chi connectivity index (χ0) is 12.2. The Morgan fingerprint density at radius 3 is 2.19 bits per heavy atom. The third-order valence-electron chi connectivity index (χ3n) is 2.79. The highest BCUT2D eigenvalue weighted by atomic mass is 14.9. The van der Waals surface area contributed by atoms with E-state index in [2.05, 4.69) is 57.1 Å². The Hall–Kier alpha value is -0.890. The standard InChI is InChI=1S/C14H24N2/c1-11(2)13(10-16-14(3,4)5)12-6-8-15-9-7-12/h6-9,11,13,16H,10H2,1-5H3. The van der Waals surface area contributed by atoms with Gasteiger partial charge in [0.15, 0.2) is 0 Å². The smallest absolute Gasteiger partial charge is 0.0270 e. The lowest BCUT2D eigenvalue weighted by Crippen LogP contribution is -2.39. The van der Waals surface area contributed by atoms with Crippen LogP contribution in [0.5, 0.6) is 0 Å². The molecule has 2 nitrogen and oxygen atoms in total. The number of hydrogen-bond donors (Lipinski definition) is 1. The van der Waals surface area contributed by atoms with Gasteiger partial charge in [0.05, 0.1) is 0 Å². The average Bonchev–Trinajstić information content (AvgIpc) is 2.17. The molecule has 1 atom stereocenters. The molecule has 0 aliphatic carbocycles. The van der Waals surface area contributed by atoms with Gasteiger partial charge in [-0.2, -0.15) is 0 Å². The van der Waals surface area contributed by atoms with Crippen molar-refractivity contribution in [3.05, 3.63) is 30.1 Å². The van der Waals surface area contributed by atoms with E-state index in [1.54, 1.807) is 0 Å². The maximum atomic E-state index is 4.08. The van der Waals surface area contributed by atoms with Crippen LogP contribution in [0.1, 0.15) is 46.1 Å². The third kappa shape index (κ3) is 4.31. The lowest BCUT2D eigenvalue weighted by Gasteiger charge is -2.27. The summed E-state index contributed by atoms with van der Waals surface area (Å²) in [5.74, 6) is 1.19. The van der Waals surface area contributed by atoms with Gasteiger partial charge in [0.25, 0.3) is 0 Å². The quantitative estimate of drug-likeness (QED) is 0.843. The molecule has 1 heterocycles. The molecule has 0 aliphatic rings. The van der Waals surface area contributed by atoms with Crippen LogP contribution in [0.15, 0.2) is 24.5 Å². The molecule has 1 N–H and O–H groups in total. The summed E-state index contributed by atoms with van der Waals surface area (Å²) in [5.41, 5.74) is 1.56. The van der Waals surface area contributed by atoms with E-state index < -0.39 is 0 Å². The monoisotopic (exact) mass is 220 g/mol. The Morgan fingerprint density at radius 1 is 1.19 bits per heavy atom. The minimum absolute atomic E-state index is 0.181. The van der Waals surface area contributed by atoms with Crippen LogP contribution in [-0.2, 0) is 0 Å². The first-order valence-electron chi connectivity index (χ1n) is 6.05. The van der Waals surface area contributed by atoms with Crippen LogP contribution in [0.2, 0.25) is 0 Å². The number of aromatic nitrogens is 1. The van der Waals surface area contributed by atoms with Crippen molar-refractivity contribution in [3.63, 3.8) is 0 Å². The van der Waals surface area contributed by atoms with E-state index in [0.717, 1.165) is 6.54 Å². The van der Waals surface area contributed by atoms with Crippen molar-refractivity contribution in [1.82, 2.24) is 10.3 Å². The van der Waals surface area contributed by atoms with Crippen LogP contribution in [0.4, 0.5) is 0 Å². The first-order chi connectivity index (χ1) is 7.40. The molecule has 0 spiro atoms. The van der Waals surface area contributed by atoms with Crippen LogP contribution >= 0.6 is 0 Å². The van der Waals surface area contributed by atoms with E-state index in [0.29, 0.717) is 11.8 Å². The number of hydrogen-bond acceptors (Lipinski definition) is 2. The van der Waals surface area contributed by atoms with Crippen LogP contribution in [0.3, 0.4) is 0 Å². The molecule has 1 unspecified atom stereocenters. The van der Waals surface area contributed by atoms with Crippen LogP contribution in [-0.4, -0.2) is 17.1 Å². The van der Waals surface area contributed by atoms with Crippen molar-refractivity contribution < 1.29 is 0 Å². The molecule has 0 fully saturated rings. The second kappa shape index (κ2) is 5.44. The predicted molar refractivity (Wildman–Crippen MR) is 69.6 cm³/mol. The lowest BCUT2D eigenvalue weighted by molar-refractivity contribution is 0.372. The number of nitrogens with zero attached hydrogens (tertiary/aromatic N) is 1. The number of nitrogens with one attached hydrogen (secondary N) is 1. The van der Waals surface area contributed by atoms with Crippen molar-refractivity contribution >= 4 is 0 Å². The minimum Gasteiger partial charge on any atom is -0.311 e. The molecule has 0 aliphatic heterocycles. The molecule has 0 saturated heterocycles. The fourth-order valence-electron chi connectivity index (χ4n) is 1.77. The summed E-state index contributed by atoms with van der Waals surface area (Å²) in [6.45, 7) is 12.2. The van der Waals surface area contributed by atoms with E-state index in [4.69, 9.17) is 0 Å². The van der Waals surface area contributed by atoms with Gasteiger partial charge < -0.3 is 5.32 Å². The molecular formula is C14H24N2. The Kier molecular flexibility index (Phi) is 4.48. The van der Waals surface area contributed by atoms with Crippen molar-refractivity contribution in [1.29, 1.82) is 0 Å². The van der Waals surface area contributed by atoms with E-state index >= 15 is 0 Å². The van der Waals surface area contributed by atoms with Gasteiger partial charge in [0, 0.05) is 24.5 Å². The second-order valence-electron chi connectivity index (χ2n) is 5.76. The second-order valence-corrected chi connectivity index (χ2v) is 5.76. The lowest BCUT2D eigenvalue weighted by atomic mass is 9.88. The van der Waals surface area contributed by atoms with E-state index in [9.17, 15) is 0 Å². The van der Waals surface area contributed by atoms with Crippen molar-refractivity contribution in [3.8, 4) is 0 Å². The highest BCUT2D eigenvalue weighted by Gasteiger charge is 2.18. The molecular weight excluding hydrogens is 196 g/mol. The van der Waals surface area contributed by atoms with E-state index in [-0.39, 0.29) is 5.54 Å². The predicted octanol–water partition coefficient (Wildman–Crippen LogP) is 3.21. The first kappa shape index (κ1) is 13.2. The highest BCUT2D eigenvalue weighted by molar-refractivity contribution is 5.17. The SMILES string of the molecule is CC(C)C(CNC(C)(C)C)c1ccncc1. The zero-order valence-electron chi connectivity index (χ0n) is 11.1. The van der Waals surface area contributed by atoms with Gasteiger partial charge in [0.2, 0.25) is 0 Å². The van der Waals surface area contributed by atoms with Gasteiger partial charge in [-0.3, -0.25) is 4.98 Å². The van der Waals surface area contributed by atoms with Gasteiger partial charge in [-0.25, -0.2) is 0 Å². The molecule has 0 amide bonds. The summed E-state index contributed by atoms with van der Waals surface area (Å²) in [5, 5.41) is 3.58. The summed E-state index contributed by atoms with van der Waals surface area (Å²) in [7, 11) is 0. The molecule has 1 rings (SSSR count). The van der Waals surface area contributed by atoms with Crippen LogP contribution in [0, 0.1) is 5.92 Å². The molecule has 1 aromatic heterocycles. The molecule has 16 heavy (non-hydrogen) atoms. The molecule has 1 aromatic rings. The zero-order valence-corrected chi connectivity index (χ0v) is 11.1. The van der Waals surface area contributed by atoms with Gasteiger partial charge in [-0.1, -0.05) is 13.8 Å².